The monoisotopic (exact) mass is 314 g/mol. The molecule has 23 heavy (non-hydrogen) atoms. The number of benzene rings is 1. The minimum atomic E-state index is -0.304. The van der Waals surface area contributed by atoms with E-state index in [0.29, 0.717) is 30.2 Å². The molecule has 1 saturated heterocycles. The standard InChI is InChI=1S/C17H19FN4O/c1-4-22-16(23)21(11-17(22,2)3)15-19-9-13(10-20-15)12-6-5-7-14(18)8-12/h5-10H,4,11H2,1-3H3. The van der Waals surface area contributed by atoms with E-state index in [1.54, 1.807) is 34.3 Å². The number of hydrogen-bond donors (Lipinski definition) is 0. The highest BCUT2D eigenvalue weighted by Gasteiger charge is 2.43. The molecule has 0 spiro atoms. The fourth-order valence-electron chi connectivity index (χ4n) is 2.94. The molecule has 0 bridgehead atoms. The number of carbonyl (C=O) groups excluding carboxylic acids is 1. The molecule has 1 fully saturated rings. The lowest BCUT2D eigenvalue weighted by Crippen LogP contribution is -2.41. The summed E-state index contributed by atoms with van der Waals surface area (Å²) in [6.45, 7) is 7.19. The predicted molar refractivity (Wildman–Crippen MR) is 86.6 cm³/mol. The Morgan fingerprint density at radius 2 is 1.91 bits per heavy atom. The van der Waals surface area contributed by atoms with Gasteiger partial charge in [-0.3, -0.25) is 4.90 Å². The van der Waals surface area contributed by atoms with Crippen LogP contribution >= 0.6 is 0 Å². The summed E-state index contributed by atoms with van der Waals surface area (Å²) in [5.74, 6) is 0.0702. The fraction of sp³-hybridized carbons (Fsp3) is 0.353. The van der Waals surface area contributed by atoms with Crippen LogP contribution in [-0.2, 0) is 0 Å². The highest BCUT2D eigenvalue weighted by molar-refractivity contribution is 5.93. The number of carbonyl (C=O) groups is 1. The molecule has 1 aromatic heterocycles. The van der Waals surface area contributed by atoms with Crippen molar-refractivity contribution in [3.63, 3.8) is 0 Å². The van der Waals surface area contributed by atoms with Crippen molar-refractivity contribution in [1.29, 1.82) is 0 Å². The summed E-state index contributed by atoms with van der Waals surface area (Å²) in [7, 11) is 0. The Balaban J connectivity index is 1.87. The van der Waals surface area contributed by atoms with Crippen molar-refractivity contribution in [3.8, 4) is 11.1 Å². The second-order valence-electron chi connectivity index (χ2n) is 6.21. The van der Waals surface area contributed by atoms with Crippen molar-refractivity contribution in [3.05, 3.63) is 42.5 Å². The Kier molecular flexibility index (Phi) is 3.75. The topological polar surface area (TPSA) is 49.3 Å². The normalized spacial score (nSPS) is 17.0. The molecule has 5 nitrogen and oxygen atoms in total. The van der Waals surface area contributed by atoms with Gasteiger partial charge in [0.25, 0.3) is 0 Å². The first-order valence-electron chi connectivity index (χ1n) is 7.59. The number of likely N-dealkylation sites (N-methyl/N-ethyl adjacent to an activating group) is 1. The maximum atomic E-state index is 13.3. The van der Waals surface area contributed by atoms with Crippen molar-refractivity contribution in [2.75, 3.05) is 18.0 Å². The van der Waals surface area contributed by atoms with E-state index in [4.69, 9.17) is 0 Å². The summed E-state index contributed by atoms with van der Waals surface area (Å²) in [5, 5.41) is 0. The number of urea groups is 1. The second kappa shape index (κ2) is 5.61. The van der Waals surface area contributed by atoms with Crippen LogP contribution in [0.15, 0.2) is 36.7 Å². The molecule has 120 valence electrons. The van der Waals surface area contributed by atoms with E-state index < -0.39 is 0 Å². The van der Waals surface area contributed by atoms with Gasteiger partial charge in [-0.15, -0.1) is 0 Å². The minimum Gasteiger partial charge on any atom is -0.318 e. The van der Waals surface area contributed by atoms with Crippen LogP contribution in [0.3, 0.4) is 0 Å². The van der Waals surface area contributed by atoms with Gasteiger partial charge in [0, 0.05) is 24.5 Å². The number of nitrogens with zero attached hydrogens (tertiary/aromatic N) is 4. The van der Waals surface area contributed by atoms with Crippen LogP contribution in [-0.4, -0.2) is 39.5 Å². The van der Waals surface area contributed by atoms with E-state index in [9.17, 15) is 9.18 Å². The molecule has 2 amide bonds. The zero-order chi connectivity index (χ0) is 16.6. The van der Waals surface area contributed by atoms with Gasteiger partial charge in [-0.2, -0.15) is 0 Å². The van der Waals surface area contributed by atoms with Gasteiger partial charge in [0.2, 0.25) is 5.95 Å². The van der Waals surface area contributed by atoms with Gasteiger partial charge >= 0.3 is 6.03 Å². The van der Waals surface area contributed by atoms with Crippen molar-refractivity contribution < 1.29 is 9.18 Å². The summed E-state index contributed by atoms with van der Waals surface area (Å²) >= 11 is 0. The molecule has 1 aliphatic rings. The lowest BCUT2D eigenvalue weighted by molar-refractivity contribution is 0.182. The van der Waals surface area contributed by atoms with Gasteiger partial charge in [0.1, 0.15) is 5.82 Å². The summed E-state index contributed by atoms with van der Waals surface area (Å²) in [6.07, 6.45) is 3.23. The van der Waals surface area contributed by atoms with E-state index >= 15 is 0 Å². The Hall–Kier alpha value is -2.50. The van der Waals surface area contributed by atoms with Gasteiger partial charge in [-0.25, -0.2) is 19.2 Å². The molecule has 0 aliphatic carbocycles. The van der Waals surface area contributed by atoms with Crippen molar-refractivity contribution in [2.24, 2.45) is 0 Å². The first kappa shape index (κ1) is 15.4. The largest absolute Gasteiger partial charge is 0.327 e. The third kappa shape index (κ3) is 2.76. The Bertz CT molecular complexity index is 730. The van der Waals surface area contributed by atoms with Crippen LogP contribution in [0.5, 0.6) is 0 Å². The summed E-state index contributed by atoms with van der Waals surface area (Å²) in [6, 6.07) is 6.18. The van der Waals surface area contributed by atoms with Crippen LogP contribution in [0.1, 0.15) is 20.8 Å². The van der Waals surface area contributed by atoms with Gasteiger partial charge < -0.3 is 4.90 Å². The molecule has 1 aliphatic heterocycles. The predicted octanol–water partition coefficient (Wildman–Crippen LogP) is 3.32. The molecule has 2 aromatic rings. The zero-order valence-electron chi connectivity index (χ0n) is 13.5. The molecule has 0 unspecified atom stereocenters. The third-order valence-electron chi connectivity index (χ3n) is 4.09. The minimum absolute atomic E-state index is 0.0870. The highest BCUT2D eigenvalue weighted by atomic mass is 19.1. The molecule has 0 N–H and O–H groups in total. The molecular weight excluding hydrogens is 295 g/mol. The quantitative estimate of drug-likeness (QED) is 0.873. The van der Waals surface area contributed by atoms with Crippen LogP contribution in [0.2, 0.25) is 0 Å². The maximum Gasteiger partial charge on any atom is 0.327 e. The SMILES string of the molecule is CCN1C(=O)N(c2ncc(-c3cccc(F)c3)cn2)CC1(C)C. The lowest BCUT2D eigenvalue weighted by Gasteiger charge is -2.27. The summed E-state index contributed by atoms with van der Waals surface area (Å²) < 4.78 is 13.3. The average Bonchev–Trinajstić information content (AvgIpc) is 2.76. The van der Waals surface area contributed by atoms with Crippen LogP contribution in [0, 0.1) is 5.82 Å². The van der Waals surface area contributed by atoms with Gasteiger partial charge in [-0.1, -0.05) is 12.1 Å². The van der Waals surface area contributed by atoms with Crippen molar-refractivity contribution in [1.82, 2.24) is 14.9 Å². The molecule has 0 atom stereocenters. The molecule has 0 saturated carbocycles. The number of hydrogen-bond acceptors (Lipinski definition) is 3. The van der Waals surface area contributed by atoms with Crippen molar-refractivity contribution in [2.45, 2.75) is 26.3 Å². The van der Waals surface area contributed by atoms with Crippen LogP contribution < -0.4 is 4.90 Å². The molecule has 1 aromatic carbocycles. The van der Waals surface area contributed by atoms with E-state index in [2.05, 4.69) is 9.97 Å². The van der Waals surface area contributed by atoms with Crippen molar-refractivity contribution >= 4 is 12.0 Å². The van der Waals surface area contributed by atoms with E-state index in [1.807, 2.05) is 20.8 Å². The zero-order valence-corrected chi connectivity index (χ0v) is 13.5. The van der Waals surface area contributed by atoms with E-state index in [-0.39, 0.29) is 17.4 Å². The Morgan fingerprint density at radius 1 is 1.22 bits per heavy atom. The number of rotatable bonds is 3. The van der Waals surface area contributed by atoms with Gasteiger partial charge in [0.05, 0.1) is 12.1 Å². The smallest absolute Gasteiger partial charge is 0.318 e. The Labute approximate surface area is 134 Å². The molecule has 2 heterocycles. The molecule has 6 heteroatoms. The number of amides is 2. The third-order valence-corrected chi connectivity index (χ3v) is 4.09. The fourth-order valence-corrected chi connectivity index (χ4v) is 2.94. The van der Waals surface area contributed by atoms with Gasteiger partial charge in [-0.05, 0) is 38.5 Å². The van der Waals surface area contributed by atoms with Crippen LogP contribution in [0.4, 0.5) is 15.1 Å². The second-order valence-corrected chi connectivity index (χ2v) is 6.21. The molecule has 3 rings (SSSR count). The highest BCUT2D eigenvalue weighted by Crippen LogP contribution is 2.29. The number of halogens is 1. The molecule has 0 radical (unpaired) electrons. The first-order valence-corrected chi connectivity index (χ1v) is 7.59. The molecular formula is C17H19FN4O. The maximum absolute atomic E-state index is 13.3. The van der Waals surface area contributed by atoms with E-state index in [0.717, 1.165) is 0 Å². The van der Waals surface area contributed by atoms with Crippen LogP contribution in [0.25, 0.3) is 11.1 Å². The first-order chi connectivity index (χ1) is 10.9. The number of aromatic nitrogens is 2. The lowest BCUT2D eigenvalue weighted by atomic mass is 10.1. The van der Waals surface area contributed by atoms with E-state index in [1.165, 1.54) is 12.1 Å². The van der Waals surface area contributed by atoms with Gasteiger partial charge in [0.15, 0.2) is 0 Å². The average molecular weight is 314 g/mol. The summed E-state index contributed by atoms with van der Waals surface area (Å²) in [5.41, 5.74) is 1.17. The Morgan fingerprint density at radius 3 is 2.48 bits per heavy atom. The summed E-state index contributed by atoms with van der Waals surface area (Å²) in [4.78, 5) is 24.5. The number of anilines is 1.